The molecule has 0 radical (unpaired) electrons. The molecular weight excluding hydrogens is 242 g/mol. The second-order valence-electron chi connectivity index (χ2n) is 5.06. The molecule has 0 fully saturated rings. The molecule has 0 spiro atoms. The van der Waals surface area contributed by atoms with Crippen molar-refractivity contribution in [3.8, 4) is 0 Å². The first-order valence-electron chi connectivity index (χ1n) is 6.57. The molecule has 1 unspecified atom stereocenters. The molecule has 2 N–H and O–H groups in total. The van der Waals surface area contributed by atoms with Gasteiger partial charge >= 0.3 is 0 Å². The molecule has 1 rings (SSSR count). The highest BCUT2D eigenvalue weighted by molar-refractivity contribution is 6.24. The first kappa shape index (κ1) is 15.3. The number of allylic oxidation sites excluding steroid dienone is 4. The predicted octanol–water partition coefficient (Wildman–Crippen LogP) is 2.08. The maximum absolute atomic E-state index is 12.2. The fourth-order valence-corrected chi connectivity index (χ4v) is 2.32. The fraction of sp³-hybridized carbons (Fsp3) is 0.533. The largest absolute Gasteiger partial charge is 0.369 e. The lowest BCUT2D eigenvalue weighted by Crippen LogP contribution is -2.25. The van der Waals surface area contributed by atoms with E-state index in [-0.39, 0.29) is 23.4 Å². The van der Waals surface area contributed by atoms with Gasteiger partial charge in [0.05, 0.1) is 0 Å². The second kappa shape index (κ2) is 5.95. The van der Waals surface area contributed by atoms with Crippen LogP contribution in [0.1, 0.15) is 47.0 Å². The van der Waals surface area contributed by atoms with Crippen LogP contribution in [0.3, 0.4) is 0 Å². The fourth-order valence-electron chi connectivity index (χ4n) is 2.32. The van der Waals surface area contributed by atoms with Gasteiger partial charge in [0, 0.05) is 28.2 Å². The molecule has 1 aliphatic carbocycles. The van der Waals surface area contributed by atoms with Crippen LogP contribution < -0.4 is 5.73 Å². The third-order valence-electron chi connectivity index (χ3n) is 3.95. The standard InChI is InChI=1S/C15H21NO3/c1-5-11(15(16)19)6-7-12-10(4)13(17)8(2)9(3)14(12)18/h11H,5-7H2,1-4H3,(H2,16,19). The van der Waals surface area contributed by atoms with E-state index in [2.05, 4.69) is 0 Å². The van der Waals surface area contributed by atoms with Crippen LogP contribution in [-0.4, -0.2) is 17.5 Å². The average Bonchev–Trinajstić information content (AvgIpc) is 2.38. The van der Waals surface area contributed by atoms with Gasteiger partial charge in [0.25, 0.3) is 0 Å². The Morgan fingerprint density at radius 2 is 1.58 bits per heavy atom. The van der Waals surface area contributed by atoms with Crippen molar-refractivity contribution in [1.82, 2.24) is 0 Å². The number of hydrogen-bond acceptors (Lipinski definition) is 3. The van der Waals surface area contributed by atoms with E-state index in [1.165, 1.54) is 0 Å². The van der Waals surface area contributed by atoms with Crippen LogP contribution in [0.4, 0.5) is 0 Å². The zero-order chi connectivity index (χ0) is 14.7. The second-order valence-corrected chi connectivity index (χ2v) is 5.06. The molecule has 0 saturated carbocycles. The van der Waals surface area contributed by atoms with Crippen molar-refractivity contribution < 1.29 is 14.4 Å². The van der Waals surface area contributed by atoms with Gasteiger partial charge < -0.3 is 5.73 Å². The lowest BCUT2D eigenvalue weighted by atomic mass is 9.82. The van der Waals surface area contributed by atoms with E-state index in [4.69, 9.17) is 5.73 Å². The third-order valence-corrected chi connectivity index (χ3v) is 3.95. The van der Waals surface area contributed by atoms with Crippen LogP contribution in [0.2, 0.25) is 0 Å². The number of Topliss-reactive ketones (excluding diaryl/α,β-unsaturated/α-hetero) is 2. The molecule has 19 heavy (non-hydrogen) atoms. The van der Waals surface area contributed by atoms with Crippen molar-refractivity contribution >= 4 is 17.5 Å². The molecule has 0 saturated heterocycles. The summed E-state index contributed by atoms with van der Waals surface area (Å²) < 4.78 is 0. The summed E-state index contributed by atoms with van der Waals surface area (Å²) in [5.74, 6) is -0.734. The molecule has 0 aliphatic heterocycles. The van der Waals surface area contributed by atoms with Crippen LogP contribution in [0.25, 0.3) is 0 Å². The van der Waals surface area contributed by atoms with Crippen LogP contribution in [-0.2, 0) is 14.4 Å². The molecule has 0 heterocycles. The highest BCUT2D eigenvalue weighted by atomic mass is 16.1. The Bertz CT molecular complexity index is 498. The van der Waals surface area contributed by atoms with Crippen LogP contribution >= 0.6 is 0 Å². The summed E-state index contributed by atoms with van der Waals surface area (Å²) in [6.45, 7) is 6.91. The van der Waals surface area contributed by atoms with Gasteiger partial charge in [-0.1, -0.05) is 6.92 Å². The number of ketones is 2. The van der Waals surface area contributed by atoms with E-state index in [0.717, 1.165) is 0 Å². The van der Waals surface area contributed by atoms with Crippen molar-refractivity contribution in [3.63, 3.8) is 0 Å². The number of rotatable bonds is 5. The number of hydrogen-bond donors (Lipinski definition) is 1. The normalized spacial score (nSPS) is 18.1. The Kier molecular flexibility index (Phi) is 4.81. The molecule has 1 atom stereocenters. The van der Waals surface area contributed by atoms with E-state index in [9.17, 15) is 14.4 Å². The van der Waals surface area contributed by atoms with Crippen molar-refractivity contribution in [3.05, 3.63) is 22.3 Å². The molecule has 4 nitrogen and oxygen atoms in total. The SMILES string of the molecule is CCC(CCC1=C(C)C(=O)C(C)=C(C)C1=O)C(N)=O. The van der Waals surface area contributed by atoms with Crippen molar-refractivity contribution in [1.29, 1.82) is 0 Å². The molecule has 0 aromatic rings. The lowest BCUT2D eigenvalue weighted by Gasteiger charge is -2.19. The van der Waals surface area contributed by atoms with Crippen molar-refractivity contribution in [2.24, 2.45) is 11.7 Å². The Hall–Kier alpha value is -1.71. The first-order chi connectivity index (χ1) is 8.81. The van der Waals surface area contributed by atoms with Crippen molar-refractivity contribution in [2.45, 2.75) is 47.0 Å². The van der Waals surface area contributed by atoms with E-state index >= 15 is 0 Å². The summed E-state index contributed by atoms with van der Waals surface area (Å²) in [7, 11) is 0. The number of nitrogens with two attached hydrogens (primary N) is 1. The van der Waals surface area contributed by atoms with Gasteiger partial charge in [0.1, 0.15) is 0 Å². The minimum Gasteiger partial charge on any atom is -0.369 e. The summed E-state index contributed by atoms with van der Waals surface area (Å²) in [6, 6.07) is 0. The van der Waals surface area contributed by atoms with E-state index in [1.54, 1.807) is 20.8 Å². The number of carbonyl (C=O) groups is 3. The molecule has 1 aliphatic rings. The lowest BCUT2D eigenvalue weighted by molar-refractivity contribution is -0.122. The van der Waals surface area contributed by atoms with Crippen molar-refractivity contribution in [2.75, 3.05) is 0 Å². The van der Waals surface area contributed by atoms with E-state index in [0.29, 0.717) is 41.6 Å². The van der Waals surface area contributed by atoms with Gasteiger partial charge in [-0.3, -0.25) is 14.4 Å². The minimum absolute atomic E-state index is 0.0702. The molecule has 1 amide bonds. The topological polar surface area (TPSA) is 77.2 Å². The average molecular weight is 263 g/mol. The Morgan fingerprint density at radius 1 is 1.05 bits per heavy atom. The predicted molar refractivity (Wildman–Crippen MR) is 73.3 cm³/mol. The monoisotopic (exact) mass is 263 g/mol. The quantitative estimate of drug-likeness (QED) is 0.771. The molecule has 0 aromatic heterocycles. The van der Waals surface area contributed by atoms with Gasteiger partial charge in [-0.05, 0) is 40.0 Å². The zero-order valence-corrected chi connectivity index (χ0v) is 12.0. The Labute approximate surface area is 113 Å². The van der Waals surface area contributed by atoms with Gasteiger partial charge in [-0.25, -0.2) is 0 Å². The van der Waals surface area contributed by atoms with E-state index in [1.807, 2.05) is 6.92 Å². The summed E-state index contributed by atoms with van der Waals surface area (Å²) >= 11 is 0. The Balaban J connectivity index is 2.92. The highest BCUT2D eigenvalue weighted by Crippen LogP contribution is 2.28. The third kappa shape index (κ3) is 3.00. The minimum atomic E-state index is -0.348. The van der Waals surface area contributed by atoms with E-state index < -0.39 is 0 Å². The maximum Gasteiger partial charge on any atom is 0.220 e. The summed E-state index contributed by atoms with van der Waals surface area (Å²) in [4.78, 5) is 35.4. The zero-order valence-electron chi connectivity index (χ0n) is 12.0. The smallest absolute Gasteiger partial charge is 0.220 e. The van der Waals surface area contributed by atoms with Crippen LogP contribution in [0.5, 0.6) is 0 Å². The molecule has 0 bridgehead atoms. The van der Waals surface area contributed by atoms with Gasteiger partial charge in [-0.2, -0.15) is 0 Å². The van der Waals surface area contributed by atoms with Gasteiger partial charge in [-0.15, -0.1) is 0 Å². The molecule has 4 heteroatoms. The van der Waals surface area contributed by atoms with Crippen LogP contribution in [0.15, 0.2) is 22.3 Å². The van der Waals surface area contributed by atoms with Gasteiger partial charge in [0.15, 0.2) is 11.6 Å². The summed E-state index contributed by atoms with van der Waals surface area (Å²) in [5.41, 5.74) is 7.37. The summed E-state index contributed by atoms with van der Waals surface area (Å²) in [5, 5.41) is 0. The number of primary amides is 1. The van der Waals surface area contributed by atoms with Crippen LogP contribution in [0, 0.1) is 5.92 Å². The van der Waals surface area contributed by atoms with Gasteiger partial charge in [0.2, 0.25) is 5.91 Å². The highest BCUT2D eigenvalue weighted by Gasteiger charge is 2.28. The molecular formula is C15H21NO3. The first-order valence-corrected chi connectivity index (χ1v) is 6.57. The number of carbonyl (C=O) groups excluding carboxylic acids is 3. The molecule has 0 aromatic carbocycles. The summed E-state index contributed by atoms with van der Waals surface area (Å²) in [6.07, 6.45) is 1.60. The maximum atomic E-state index is 12.2. The molecule has 104 valence electrons. The Morgan fingerprint density at radius 3 is 2.05 bits per heavy atom. The number of amides is 1.